The molecule has 0 saturated carbocycles. The quantitative estimate of drug-likeness (QED) is 0.406. The summed E-state index contributed by atoms with van der Waals surface area (Å²) in [7, 11) is 3.14. The van der Waals surface area contributed by atoms with Crippen LogP contribution in [-0.4, -0.2) is 53.5 Å². The number of anilines is 1. The predicted molar refractivity (Wildman–Crippen MR) is 124 cm³/mol. The number of nitrogens with one attached hydrogen (secondary N) is 1. The van der Waals surface area contributed by atoms with Crippen LogP contribution >= 0.6 is 11.8 Å². The second kappa shape index (κ2) is 9.25. The van der Waals surface area contributed by atoms with Gasteiger partial charge in [0.1, 0.15) is 28.5 Å². The molecule has 11 nitrogen and oxygen atoms in total. The molecule has 0 radical (unpaired) electrons. The summed E-state index contributed by atoms with van der Waals surface area (Å²) in [6.45, 7) is 5.35. The molecule has 1 N–H and O–H groups in total. The smallest absolute Gasteiger partial charge is 0.413 e. The summed E-state index contributed by atoms with van der Waals surface area (Å²) in [5, 5.41) is 14.8. The van der Waals surface area contributed by atoms with Crippen LogP contribution < -0.4 is 10.1 Å². The number of aryl methyl sites for hydroxylation is 1. The molecule has 13 heteroatoms. The number of rotatable bonds is 6. The number of methoxy groups -OCH3 is 1. The van der Waals surface area contributed by atoms with Crippen molar-refractivity contribution < 1.29 is 18.7 Å². The number of nitrogens with zero attached hydrogens (tertiary/aromatic N) is 7. The van der Waals surface area contributed by atoms with Gasteiger partial charge in [-0.25, -0.2) is 23.8 Å². The molecule has 0 fully saturated rings. The molecule has 34 heavy (non-hydrogen) atoms. The fourth-order valence-corrected chi connectivity index (χ4v) is 4.03. The largest absolute Gasteiger partial charge is 0.494 e. The van der Waals surface area contributed by atoms with Gasteiger partial charge < -0.3 is 9.47 Å². The normalized spacial score (nSPS) is 11.6. The van der Waals surface area contributed by atoms with Crippen molar-refractivity contribution in [2.75, 3.05) is 12.4 Å². The average molecular weight is 487 g/mol. The number of halogens is 1. The van der Waals surface area contributed by atoms with Crippen LogP contribution in [0.3, 0.4) is 0 Å². The topological polar surface area (TPSA) is 122 Å². The Labute approximate surface area is 198 Å². The van der Waals surface area contributed by atoms with Crippen molar-refractivity contribution in [1.29, 1.82) is 0 Å². The van der Waals surface area contributed by atoms with E-state index in [2.05, 4.69) is 30.8 Å². The van der Waals surface area contributed by atoms with E-state index in [1.54, 1.807) is 44.5 Å². The van der Waals surface area contributed by atoms with E-state index >= 15 is 0 Å². The van der Waals surface area contributed by atoms with Crippen LogP contribution in [0.5, 0.6) is 5.75 Å². The lowest BCUT2D eigenvalue weighted by molar-refractivity contribution is 0.0635. The van der Waals surface area contributed by atoms with Gasteiger partial charge in [0, 0.05) is 24.9 Å². The van der Waals surface area contributed by atoms with Gasteiger partial charge in [0.25, 0.3) is 5.95 Å². The van der Waals surface area contributed by atoms with E-state index < -0.39 is 17.5 Å². The summed E-state index contributed by atoms with van der Waals surface area (Å²) < 4.78 is 28.0. The first-order valence-electron chi connectivity index (χ1n) is 10.2. The monoisotopic (exact) mass is 486 g/mol. The lowest BCUT2D eigenvalue weighted by Gasteiger charge is -2.19. The van der Waals surface area contributed by atoms with Gasteiger partial charge in [-0.05, 0) is 43.3 Å². The highest BCUT2D eigenvalue weighted by Gasteiger charge is 2.21. The van der Waals surface area contributed by atoms with Gasteiger partial charge in [-0.1, -0.05) is 22.9 Å². The van der Waals surface area contributed by atoms with E-state index in [9.17, 15) is 9.18 Å². The SMILES string of the molecule is COc1cc(F)cc2c1nc(SCc1cccc(NC(=O)OC(C)(C)C)n1)n2-c1nnnn1C. The first-order chi connectivity index (χ1) is 16.1. The number of hydrogen-bond donors (Lipinski definition) is 1. The molecule has 1 aromatic carbocycles. The third-order valence-corrected chi connectivity index (χ3v) is 5.43. The molecule has 0 aliphatic rings. The second-order valence-electron chi connectivity index (χ2n) is 8.24. The van der Waals surface area contributed by atoms with Crippen LogP contribution in [0.2, 0.25) is 0 Å². The third kappa shape index (κ3) is 5.09. The molecule has 0 aliphatic carbocycles. The van der Waals surface area contributed by atoms with Crippen molar-refractivity contribution in [2.45, 2.75) is 37.3 Å². The van der Waals surface area contributed by atoms with Crippen LogP contribution in [0.25, 0.3) is 17.0 Å². The first kappa shape index (κ1) is 23.4. The summed E-state index contributed by atoms with van der Waals surface area (Å²) in [6, 6.07) is 7.91. The highest BCUT2D eigenvalue weighted by molar-refractivity contribution is 7.98. The number of pyridine rings is 1. The Morgan fingerprint density at radius 1 is 1.24 bits per heavy atom. The standard InChI is InChI=1S/C21H23FN8O3S/c1-21(2,3)33-20(31)24-16-8-6-7-13(23-16)11-34-19-25-17-14(9-12(22)10-15(17)32-5)30(19)18-26-27-28-29(18)4/h6-10H,11H2,1-5H3,(H,23,24,31). The maximum Gasteiger partial charge on any atom is 0.413 e. The van der Waals surface area contributed by atoms with E-state index in [0.717, 1.165) is 0 Å². The lowest BCUT2D eigenvalue weighted by atomic mass is 10.2. The minimum Gasteiger partial charge on any atom is -0.494 e. The number of imidazole rings is 1. The van der Waals surface area contributed by atoms with Crippen molar-refractivity contribution in [1.82, 2.24) is 34.7 Å². The van der Waals surface area contributed by atoms with Crippen LogP contribution in [-0.2, 0) is 17.5 Å². The molecule has 0 spiro atoms. The van der Waals surface area contributed by atoms with Gasteiger partial charge in [0.05, 0.1) is 18.3 Å². The molecule has 0 aliphatic heterocycles. The number of hydrogen-bond acceptors (Lipinski definition) is 9. The fourth-order valence-electron chi connectivity index (χ4n) is 3.13. The molecule has 0 unspecified atom stereocenters. The molecule has 0 bridgehead atoms. The number of benzene rings is 1. The van der Waals surface area contributed by atoms with Crippen LogP contribution in [0, 0.1) is 5.82 Å². The Balaban J connectivity index is 1.63. The number of carbonyl (C=O) groups excluding carboxylic acids is 1. The second-order valence-corrected chi connectivity index (χ2v) is 9.18. The zero-order valence-corrected chi connectivity index (χ0v) is 20.1. The minimum atomic E-state index is -0.619. The van der Waals surface area contributed by atoms with Crippen molar-refractivity contribution in [3.05, 3.63) is 41.8 Å². The lowest BCUT2D eigenvalue weighted by Crippen LogP contribution is -2.27. The van der Waals surface area contributed by atoms with E-state index in [0.29, 0.717) is 45.2 Å². The summed E-state index contributed by atoms with van der Waals surface area (Å²) in [4.78, 5) is 21.2. The average Bonchev–Trinajstić information content (AvgIpc) is 3.33. The number of amides is 1. The molecule has 1 amide bonds. The molecule has 3 heterocycles. The van der Waals surface area contributed by atoms with E-state index in [4.69, 9.17) is 9.47 Å². The molecule has 3 aromatic heterocycles. The molecular formula is C21H23FN8O3S. The number of aromatic nitrogens is 7. The molecule has 0 atom stereocenters. The molecule has 4 aromatic rings. The van der Waals surface area contributed by atoms with Gasteiger partial charge >= 0.3 is 6.09 Å². The van der Waals surface area contributed by atoms with Crippen molar-refractivity contribution in [3.8, 4) is 11.7 Å². The predicted octanol–water partition coefficient (Wildman–Crippen LogP) is 3.73. The summed E-state index contributed by atoms with van der Waals surface area (Å²) in [6.07, 6.45) is -0.588. The Morgan fingerprint density at radius 3 is 2.71 bits per heavy atom. The number of ether oxygens (including phenoxy) is 2. The van der Waals surface area contributed by atoms with Gasteiger partial charge in [0.2, 0.25) is 0 Å². The molecule has 178 valence electrons. The van der Waals surface area contributed by atoms with Crippen LogP contribution in [0.1, 0.15) is 26.5 Å². The van der Waals surface area contributed by atoms with E-state index in [-0.39, 0.29) is 0 Å². The Morgan fingerprint density at radius 2 is 2.03 bits per heavy atom. The van der Waals surface area contributed by atoms with Crippen LogP contribution in [0.4, 0.5) is 15.0 Å². The van der Waals surface area contributed by atoms with Gasteiger partial charge in [-0.2, -0.15) is 0 Å². The third-order valence-electron chi connectivity index (χ3n) is 4.46. The van der Waals surface area contributed by atoms with Gasteiger partial charge in [-0.3, -0.25) is 9.88 Å². The zero-order chi connectivity index (χ0) is 24.5. The van der Waals surface area contributed by atoms with Crippen molar-refractivity contribution in [3.63, 3.8) is 0 Å². The van der Waals surface area contributed by atoms with Crippen molar-refractivity contribution in [2.24, 2.45) is 7.05 Å². The Bertz CT molecular complexity index is 1350. The fraction of sp³-hybridized carbons (Fsp3) is 0.333. The van der Waals surface area contributed by atoms with Crippen molar-refractivity contribution >= 4 is 34.7 Å². The molecule has 0 saturated heterocycles. The molecular weight excluding hydrogens is 463 g/mol. The Hall–Kier alpha value is -3.74. The number of thioether (sulfide) groups is 1. The van der Waals surface area contributed by atoms with E-state index in [1.807, 2.05) is 6.07 Å². The van der Waals surface area contributed by atoms with Gasteiger partial charge in [-0.15, -0.1) is 0 Å². The van der Waals surface area contributed by atoms with Crippen LogP contribution in [0.15, 0.2) is 35.5 Å². The Kier molecular flexibility index (Phi) is 6.37. The maximum absolute atomic E-state index is 14.3. The minimum absolute atomic E-state index is 0.299. The highest BCUT2D eigenvalue weighted by Crippen LogP contribution is 2.34. The van der Waals surface area contributed by atoms with Gasteiger partial charge in [0.15, 0.2) is 5.16 Å². The number of carbonyl (C=O) groups is 1. The summed E-state index contributed by atoms with van der Waals surface area (Å²) in [5.41, 5.74) is 1.01. The number of tetrazole rings is 1. The first-order valence-corrected chi connectivity index (χ1v) is 11.2. The summed E-state index contributed by atoms with van der Waals surface area (Å²) >= 11 is 1.35. The summed E-state index contributed by atoms with van der Waals surface area (Å²) in [5.74, 6) is 0.962. The highest BCUT2D eigenvalue weighted by atomic mass is 32.2. The maximum atomic E-state index is 14.3. The molecule has 4 rings (SSSR count). The number of fused-ring (bicyclic) bond motifs is 1. The van der Waals surface area contributed by atoms with E-state index in [1.165, 1.54) is 35.7 Å². The zero-order valence-electron chi connectivity index (χ0n) is 19.2.